The number of carbonyl (C=O) groups is 5. The number of carbonyl (C=O) groups excluding carboxylic acids is 5. The predicted molar refractivity (Wildman–Crippen MR) is 273 cm³/mol. The van der Waals surface area contributed by atoms with Crippen LogP contribution in [0.1, 0.15) is 132 Å². The highest BCUT2D eigenvalue weighted by Crippen LogP contribution is 2.47. The van der Waals surface area contributed by atoms with Gasteiger partial charge in [-0.15, -0.1) is 0 Å². The number of aryl methyl sites for hydroxylation is 1. The Morgan fingerprint density at radius 1 is 0.878 bits per heavy atom. The highest BCUT2D eigenvalue weighted by Gasteiger charge is 2.45. The van der Waals surface area contributed by atoms with Gasteiger partial charge in [-0.3, -0.25) is 38.9 Å². The van der Waals surface area contributed by atoms with E-state index in [2.05, 4.69) is 29.3 Å². The lowest BCUT2D eigenvalue weighted by atomic mass is 9.92. The molecule has 0 spiro atoms. The number of aromatic nitrogens is 3. The third kappa shape index (κ3) is 8.86. The predicted octanol–water partition coefficient (Wildman–Crippen LogP) is 6.07. The molecule has 11 rings (SSSR count). The molecule has 0 aliphatic carbocycles. The van der Waals surface area contributed by atoms with E-state index in [-0.39, 0.29) is 47.5 Å². The maximum Gasteiger partial charge on any atom is 0.264 e. The van der Waals surface area contributed by atoms with Gasteiger partial charge in [-0.25, -0.2) is 8.78 Å². The van der Waals surface area contributed by atoms with Crippen molar-refractivity contribution < 1.29 is 42.2 Å². The van der Waals surface area contributed by atoms with Crippen molar-refractivity contribution >= 4 is 58.2 Å². The fourth-order valence-corrected chi connectivity index (χ4v) is 12.7. The molecule has 0 radical (unpaired) electrons. The van der Waals surface area contributed by atoms with Crippen molar-refractivity contribution in [2.75, 3.05) is 81.7 Å². The Morgan fingerprint density at radius 3 is 2.34 bits per heavy atom. The molecule has 7 aliphatic heterocycles. The van der Waals surface area contributed by atoms with Crippen LogP contribution in [0.25, 0.3) is 16.9 Å². The van der Waals surface area contributed by atoms with Crippen LogP contribution in [-0.4, -0.2) is 131 Å². The molecule has 0 saturated carbocycles. The number of fused-ring (bicyclic) bond motifs is 3. The van der Waals surface area contributed by atoms with Gasteiger partial charge >= 0.3 is 0 Å². The van der Waals surface area contributed by atoms with Gasteiger partial charge in [0.15, 0.2) is 11.6 Å². The number of nitrogens with one attached hydrogen (secondary N) is 1. The number of hydrogen-bond acceptors (Lipinski definition) is 13. The van der Waals surface area contributed by atoms with Crippen LogP contribution < -0.4 is 26.6 Å². The number of benzene rings is 2. The first-order valence-corrected chi connectivity index (χ1v) is 26.3. The molecule has 74 heavy (non-hydrogen) atoms. The molecule has 7 aliphatic rings. The number of likely N-dealkylation sites (tertiary alicyclic amines) is 1. The minimum Gasteiger partial charge on any atom is -0.493 e. The van der Waals surface area contributed by atoms with Gasteiger partial charge in [0.2, 0.25) is 17.7 Å². The summed E-state index contributed by atoms with van der Waals surface area (Å²) < 4.78 is 46.9. The van der Waals surface area contributed by atoms with Gasteiger partial charge in [0.05, 0.1) is 36.5 Å². The molecule has 4 aromatic rings. The van der Waals surface area contributed by atoms with E-state index in [9.17, 15) is 24.0 Å². The average molecular weight is 1020 g/mol. The second-order valence-corrected chi connectivity index (χ2v) is 20.9. The van der Waals surface area contributed by atoms with Gasteiger partial charge < -0.3 is 45.1 Å². The molecule has 5 N–H and O–H groups in total. The molecule has 9 heterocycles. The van der Waals surface area contributed by atoms with E-state index >= 15 is 8.78 Å². The topological polar surface area (TPSA) is 207 Å². The zero-order valence-corrected chi connectivity index (χ0v) is 42.1. The Hall–Kier alpha value is -6.80. The van der Waals surface area contributed by atoms with Crippen molar-refractivity contribution in [3.8, 4) is 11.1 Å². The Kier molecular flexibility index (Phi) is 13.5. The molecule has 2 aromatic carbocycles. The van der Waals surface area contributed by atoms with Gasteiger partial charge in [0.1, 0.15) is 11.7 Å². The van der Waals surface area contributed by atoms with Crippen LogP contribution in [0.2, 0.25) is 0 Å². The first-order valence-electron chi connectivity index (χ1n) is 26.3. The fraction of sp³-hybridized carbons (Fsp3) is 0.519. The third-order valence-electron chi connectivity index (χ3n) is 16.7. The monoisotopic (exact) mass is 1020 g/mol. The van der Waals surface area contributed by atoms with Crippen molar-refractivity contribution in [2.45, 2.75) is 109 Å². The second kappa shape index (κ2) is 20.1. The van der Waals surface area contributed by atoms with Crippen molar-refractivity contribution in [3.05, 3.63) is 81.9 Å². The minimum absolute atomic E-state index is 0.000683. The third-order valence-corrected chi connectivity index (χ3v) is 16.7. The van der Waals surface area contributed by atoms with Gasteiger partial charge in [0, 0.05) is 131 Å². The van der Waals surface area contributed by atoms with E-state index in [1.165, 1.54) is 13.3 Å². The summed E-state index contributed by atoms with van der Waals surface area (Å²) in [6.45, 7) is 8.65. The van der Waals surface area contributed by atoms with E-state index in [0.717, 1.165) is 111 Å². The van der Waals surface area contributed by atoms with Crippen molar-refractivity contribution in [1.29, 1.82) is 0 Å². The van der Waals surface area contributed by atoms with E-state index < -0.39 is 36.1 Å². The normalized spacial score (nSPS) is 21.6. The van der Waals surface area contributed by atoms with Crippen molar-refractivity contribution in [3.63, 3.8) is 0 Å². The standard InChI is InChI=1S/C54H65F2N11O7/c1-31(68)63-21-13-43-42(29-63)51(60-67(43)35-14-22-74-23-15-35)64-16-3-4-33-24-38(39(50(55)56)26-45(33)64)41-30-65(49(48(41)58)46(27-57)73-2)34-11-17-61(18-12-34)28-32-9-19-62(20-10-32)36-5-6-37-40(25-36)54(72)66(53(37)71)44-7-8-47(69)59-52(44)70/h5-6,24-27,30,32,34-35,44,50H,3-4,7-23,28-29,57-58H2,1-2H3,(H,59,69,70)/b46-27+. The minimum atomic E-state index is -2.81. The van der Waals surface area contributed by atoms with E-state index in [1.807, 2.05) is 23.2 Å². The SMILES string of the molecule is CO/C(=C/N)c1c(N)c(-c2cc3c(cc2C(F)F)N(c2nn(C4CCOCC4)c4c2CN(C(C)=O)CC4)CCC3)cn1C1CCN(CC2CCN(c3ccc4c(c3)C(=O)N(C3CCC(=O)NC3=O)C4=O)CC2)CC1. The number of alkyl halides is 2. The lowest BCUT2D eigenvalue weighted by Crippen LogP contribution is -2.54. The molecule has 2 aromatic heterocycles. The Bertz CT molecular complexity index is 2930. The first-order chi connectivity index (χ1) is 35.8. The highest BCUT2D eigenvalue weighted by atomic mass is 19.3. The number of hydrogen-bond donors (Lipinski definition) is 3. The summed E-state index contributed by atoms with van der Waals surface area (Å²) in [4.78, 5) is 73.4. The van der Waals surface area contributed by atoms with E-state index in [4.69, 9.17) is 26.0 Å². The number of ether oxygens (including phenoxy) is 2. The lowest BCUT2D eigenvalue weighted by Gasteiger charge is -2.39. The first kappa shape index (κ1) is 49.4. The summed E-state index contributed by atoms with van der Waals surface area (Å²) >= 11 is 0. The van der Waals surface area contributed by atoms with Crippen LogP contribution in [0, 0.1) is 5.92 Å². The van der Waals surface area contributed by atoms with Crippen LogP contribution in [0.4, 0.5) is 31.7 Å². The van der Waals surface area contributed by atoms with Gasteiger partial charge in [-0.1, -0.05) is 0 Å². The number of halogens is 2. The highest BCUT2D eigenvalue weighted by molar-refractivity contribution is 6.23. The molecule has 1 unspecified atom stereocenters. The molecular formula is C54H65F2N11O7. The number of nitrogens with zero attached hydrogens (tertiary/aromatic N) is 8. The number of piperidine rings is 3. The van der Waals surface area contributed by atoms with Crippen molar-refractivity contribution in [2.24, 2.45) is 11.7 Å². The number of methoxy groups -OCH3 is 1. The zero-order chi connectivity index (χ0) is 51.5. The van der Waals surface area contributed by atoms with Crippen LogP contribution in [0.5, 0.6) is 0 Å². The number of nitrogen functional groups attached to an aromatic ring is 1. The quantitative estimate of drug-likeness (QED) is 0.115. The molecule has 5 amide bonds. The number of nitrogens with two attached hydrogens (primary N) is 2. The maximum atomic E-state index is 15.6. The van der Waals surface area contributed by atoms with Gasteiger partial charge in [-0.05, 0) is 105 Å². The Labute approximate surface area is 428 Å². The summed E-state index contributed by atoms with van der Waals surface area (Å²) in [5, 5.41) is 7.50. The van der Waals surface area contributed by atoms with Crippen molar-refractivity contribution in [1.82, 2.24) is 34.4 Å². The molecule has 1 atom stereocenters. The molecule has 0 bridgehead atoms. The second-order valence-electron chi connectivity index (χ2n) is 20.9. The lowest BCUT2D eigenvalue weighted by molar-refractivity contribution is -0.136. The molecule has 18 nitrogen and oxygen atoms in total. The zero-order valence-electron chi connectivity index (χ0n) is 42.1. The van der Waals surface area contributed by atoms with Gasteiger partial charge in [-0.2, -0.15) is 5.10 Å². The summed E-state index contributed by atoms with van der Waals surface area (Å²) in [6, 6.07) is 7.96. The summed E-state index contributed by atoms with van der Waals surface area (Å²) in [7, 11) is 1.53. The summed E-state index contributed by atoms with van der Waals surface area (Å²) in [6.07, 6.45) is 7.94. The Morgan fingerprint density at radius 2 is 1.64 bits per heavy atom. The Balaban J connectivity index is 0.791. The number of imide groups is 2. The van der Waals surface area contributed by atoms with Crippen LogP contribution in [-0.2, 0) is 43.2 Å². The largest absolute Gasteiger partial charge is 0.493 e. The number of anilines is 4. The number of amides is 5. The maximum absolute atomic E-state index is 15.6. The number of rotatable bonds is 11. The molecule has 4 saturated heterocycles. The van der Waals surface area contributed by atoms with Gasteiger partial charge in [0.25, 0.3) is 18.2 Å². The fourth-order valence-electron chi connectivity index (χ4n) is 12.7. The summed E-state index contributed by atoms with van der Waals surface area (Å²) in [5.74, 6) is -0.538. The molecule has 4 fully saturated rings. The smallest absolute Gasteiger partial charge is 0.264 e. The molecule has 392 valence electrons. The molecule has 20 heteroatoms. The van der Waals surface area contributed by atoms with Crippen LogP contribution in [0.15, 0.2) is 42.7 Å². The van der Waals surface area contributed by atoms with Crippen LogP contribution >= 0.6 is 0 Å². The summed E-state index contributed by atoms with van der Waals surface area (Å²) in [5.41, 5.74) is 20.0. The van der Waals surface area contributed by atoms with Crippen LogP contribution in [0.3, 0.4) is 0 Å². The average Bonchev–Trinajstić information content (AvgIpc) is 4.04. The van der Waals surface area contributed by atoms with E-state index in [1.54, 1.807) is 25.1 Å². The van der Waals surface area contributed by atoms with E-state index in [0.29, 0.717) is 85.6 Å². The molecular weight excluding hydrogens is 953 g/mol.